The molecule has 0 atom stereocenters. The van der Waals surface area contributed by atoms with E-state index in [2.05, 4.69) is 5.16 Å². The molecule has 3 aromatic rings. The molecule has 1 aromatic heterocycles. The van der Waals surface area contributed by atoms with Gasteiger partial charge in [0.25, 0.3) is 5.91 Å². The van der Waals surface area contributed by atoms with Crippen molar-refractivity contribution in [2.75, 3.05) is 19.1 Å². The van der Waals surface area contributed by atoms with Crippen LogP contribution in [-0.2, 0) is 0 Å². The molecule has 0 unspecified atom stereocenters. The number of hydrogen-bond donors (Lipinski definition) is 0. The zero-order chi connectivity index (χ0) is 16.2. The van der Waals surface area contributed by atoms with Gasteiger partial charge in [0.2, 0.25) is 0 Å². The molecule has 23 heavy (non-hydrogen) atoms. The minimum atomic E-state index is -0.196. The van der Waals surface area contributed by atoms with E-state index in [1.54, 1.807) is 25.1 Å². The van der Waals surface area contributed by atoms with Crippen molar-refractivity contribution in [3.63, 3.8) is 0 Å². The van der Waals surface area contributed by atoms with Crippen molar-refractivity contribution in [1.29, 1.82) is 0 Å². The minimum Gasteiger partial charge on any atom is -0.497 e. The first-order valence-corrected chi connectivity index (χ1v) is 7.12. The van der Waals surface area contributed by atoms with Crippen molar-refractivity contribution in [1.82, 2.24) is 5.16 Å². The molecular formula is C18H16N2O3. The van der Waals surface area contributed by atoms with Crippen LogP contribution in [0.5, 0.6) is 5.75 Å². The van der Waals surface area contributed by atoms with E-state index in [0.29, 0.717) is 17.0 Å². The van der Waals surface area contributed by atoms with Gasteiger partial charge in [-0.2, -0.15) is 0 Å². The Labute approximate surface area is 134 Å². The zero-order valence-corrected chi connectivity index (χ0v) is 12.9. The summed E-state index contributed by atoms with van der Waals surface area (Å²) >= 11 is 0. The summed E-state index contributed by atoms with van der Waals surface area (Å²) < 4.78 is 10.2. The second kappa shape index (κ2) is 6.36. The lowest BCUT2D eigenvalue weighted by Gasteiger charge is -2.17. The first-order valence-electron chi connectivity index (χ1n) is 7.12. The minimum absolute atomic E-state index is 0.196. The summed E-state index contributed by atoms with van der Waals surface area (Å²) in [6, 6.07) is 16.8. The zero-order valence-electron chi connectivity index (χ0n) is 12.9. The molecule has 1 amide bonds. The van der Waals surface area contributed by atoms with E-state index >= 15 is 0 Å². The predicted molar refractivity (Wildman–Crippen MR) is 87.7 cm³/mol. The van der Waals surface area contributed by atoms with Crippen molar-refractivity contribution in [3.05, 3.63) is 66.4 Å². The smallest absolute Gasteiger partial charge is 0.263 e. The lowest BCUT2D eigenvalue weighted by Crippen LogP contribution is -2.26. The third-order valence-corrected chi connectivity index (χ3v) is 3.59. The van der Waals surface area contributed by atoms with Crippen LogP contribution in [0.25, 0.3) is 11.3 Å². The normalized spacial score (nSPS) is 10.3. The van der Waals surface area contributed by atoms with E-state index in [0.717, 1.165) is 11.3 Å². The third kappa shape index (κ3) is 2.94. The van der Waals surface area contributed by atoms with Crippen molar-refractivity contribution in [2.24, 2.45) is 0 Å². The number of aromatic nitrogens is 1. The lowest BCUT2D eigenvalue weighted by molar-refractivity contribution is 0.0993. The van der Waals surface area contributed by atoms with Crippen LogP contribution in [-0.4, -0.2) is 25.2 Å². The van der Waals surface area contributed by atoms with Gasteiger partial charge in [-0.25, -0.2) is 0 Å². The summed E-state index contributed by atoms with van der Waals surface area (Å²) in [6.45, 7) is 0. The maximum Gasteiger partial charge on any atom is 0.263 e. The number of methoxy groups -OCH3 is 1. The number of carbonyl (C=O) groups is 1. The van der Waals surface area contributed by atoms with E-state index in [9.17, 15) is 4.79 Å². The van der Waals surface area contributed by atoms with Crippen molar-refractivity contribution in [2.45, 2.75) is 0 Å². The fourth-order valence-electron chi connectivity index (χ4n) is 2.31. The van der Waals surface area contributed by atoms with Gasteiger partial charge in [-0.05, 0) is 12.1 Å². The van der Waals surface area contributed by atoms with Gasteiger partial charge in [-0.15, -0.1) is 0 Å². The van der Waals surface area contributed by atoms with Gasteiger partial charge in [0.05, 0.1) is 7.11 Å². The summed E-state index contributed by atoms with van der Waals surface area (Å²) in [5.74, 6) is 0.495. The molecule has 0 saturated heterocycles. The summed E-state index contributed by atoms with van der Waals surface area (Å²) in [6.07, 6.45) is 1.38. The van der Waals surface area contributed by atoms with Gasteiger partial charge in [0, 0.05) is 24.4 Å². The van der Waals surface area contributed by atoms with Crippen molar-refractivity contribution < 1.29 is 14.1 Å². The van der Waals surface area contributed by atoms with Crippen LogP contribution in [0.2, 0.25) is 0 Å². The summed E-state index contributed by atoms with van der Waals surface area (Å²) in [4.78, 5) is 14.3. The Morgan fingerprint density at radius 1 is 1.13 bits per heavy atom. The number of rotatable bonds is 4. The first kappa shape index (κ1) is 14.8. The van der Waals surface area contributed by atoms with Gasteiger partial charge in [0.1, 0.15) is 23.3 Å². The maximum absolute atomic E-state index is 12.8. The topological polar surface area (TPSA) is 55.6 Å². The number of benzene rings is 2. The molecule has 0 spiro atoms. The molecule has 116 valence electrons. The van der Waals surface area contributed by atoms with E-state index in [-0.39, 0.29) is 5.91 Å². The molecular weight excluding hydrogens is 292 g/mol. The van der Waals surface area contributed by atoms with E-state index in [4.69, 9.17) is 9.26 Å². The van der Waals surface area contributed by atoms with Gasteiger partial charge in [0.15, 0.2) is 0 Å². The van der Waals surface area contributed by atoms with E-state index in [1.807, 2.05) is 48.5 Å². The Balaban J connectivity index is 1.93. The predicted octanol–water partition coefficient (Wildman–Crippen LogP) is 3.63. The average molecular weight is 308 g/mol. The number of carbonyl (C=O) groups excluding carboxylic acids is 1. The van der Waals surface area contributed by atoms with Crippen LogP contribution in [0, 0.1) is 0 Å². The number of nitrogens with zero attached hydrogens (tertiary/aromatic N) is 2. The average Bonchev–Trinajstić information content (AvgIpc) is 3.11. The van der Waals surface area contributed by atoms with Crippen molar-refractivity contribution in [3.8, 4) is 17.0 Å². The quantitative estimate of drug-likeness (QED) is 0.738. The second-order valence-electron chi connectivity index (χ2n) is 5.01. The molecule has 2 aromatic carbocycles. The molecule has 0 bridgehead atoms. The Morgan fingerprint density at radius 2 is 1.91 bits per heavy atom. The van der Waals surface area contributed by atoms with Gasteiger partial charge in [-0.3, -0.25) is 4.79 Å². The fraction of sp³-hybridized carbons (Fsp3) is 0.111. The largest absolute Gasteiger partial charge is 0.497 e. The first-order chi connectivity index (χ1) is 11.2. The van der Waals surface area contributed by atoms with Crippen molar-refractivity contribution >= 4 is 11.6 Å². The fourth-order valence-corrected chi connectivity index (χ4v) is 2.31. The number of amides is 1. The molecule has 0 N–H and O–H groups in total. The van der Waals surface area contributed by atoms with E-state index < -0.39 is 0 Å². The molecule has 1 heterocycles. The molecule has 3 rings (SSSR count). The third-order valence-electron chi connectivity index (χ3n) is 3.59. The highest BCUT2D eigenvalue weighted by molar-refractivity contribution is 6.09. The van der Waals surface area contributed by atoms with Crippen LogP contribution in [0.3, 0.4) is 0 Å². The highest BCUT2D eigenvalue weighted by atomic mass is 16.5. The highest BCUT2D eigenvalue weighted by Crippen LogP contribution is 2.26. The summed E-state index contributed by atoms with van der Waals surface area (Å²) in [5, 5.41) is 3.97. The molecule has 0 aliphatic rings. The van der Waals surface area contributed by atoms with Gasteiger partial charge in [-0.1, -0.05) is 41.6 Å². The number of ether oxygens (including phenoxy) is 1. The monoisotopic (exact) mass is 308 g/mol. The van der Waals surface area contributed by atoms with Gasteiger partial charge < -0.3 is 14.2 Å². The Morgan fingerprint density at radius 3 is 2.65 bits per heavy atom. The summed E-state index contributed by atoms with van der Waals surface area (Å²) in [5.41, 5.74) is 2.52. The van der Waals surface area contributed by atoms with Crippen LogP contribution in [0.15, 0.2) is 65.4 Å². The molecule has 5 nitrogen and oxygen atoms in total. The SMILES string of the molecule is COc1cccc(N(C)C(=O)c2conc2-c2ccccc2)c1. The number of anilines is 1. The molecule has 5 heteroatoms. The Bertz CT molecular complexity index is 812. The summed E-state index contributed by atoms with van der Waals surface area (Å²) in [7, 11) is 3.30. The molecule has 0 fully saturated rings. The molecule has 0 saturated carbocycles. The van der Waals surface area contributed by atoms with Crippen LogP contribution >= 0.6 is 0 Å². The van der Waals surface area contributed by atoms with Gasteiger partial charge >= 0.3 is 0 Å². The molecule has 0 aliphatic carbocycles. The van der Waals surface area contributed by atoms with Crippen LogP contribution in [0.4, 0.5) is 5.69 Å². The standard InChI is InChI=1S/C18H16N2O3/c1-20(14-9-6-10-15(11-14)22-2)18(21)16-12-23-19-17(16)13-7-4-3-5-8-13/h3-12H,1-2H3. The molecule has 0 aliphatic heterocycles. The van der Waals surface area contributed by atoms with Crippen LogP contribution < -0.4 is 9.64 Å². The highest BCUT2D eigenvalue weighted by Gasteiger charge is 2.21. The molecule has 0 radical (unpaired) electrons. The number of hydrogen-bond acceptors (Lipinski definition) is 4. The Kier molecular flexibility index (Phi) is 4.10. The Hall–Kier alpha value is -3.08. The second-order valence-corrected chi connectivity index (χ2v) is 5.01. The lowest BCUT2D eigenvalue weighted by atomic mass is 10.1. The maximum atomic E-state index is 12.8. The van der Waals surface area contributed by atoms with E-state index in [1.165, 1.54) is 6.26 Å². The van der Waals surface area contributed by atoms with Crippen LogP contribution in [0.1, 0.15) is 10.4 Å².